The van der Waals surface area contributed by atoms with Gasteiger partial charge in [0.25, 0.3) is 0 Å². The third-order valence-electron chi connectivity index (χ3n) is 2.77. The average molecular weight is 256 g/mol. The zero-order valence-electron chi connectivity index (χ0n) is 10.1. The van der Waals surface area contributed by atoms with Gasteiger partial charge in [-0.15, -0.1) is 0 Å². The molecule has 0 saturated carbocycles. The molecular formula is C12H12N6O. The van der Waals surface area contributed by atoms with Crippen molar-refractivity contribution in [1.29, 1.82) is 0 Å². The molecule has 0 unspecified atom stereocenters. The van der Waals surface area contributed by atoms with Crippen molar-refractivity contribution in [1.82, 2.24) is 25.3 Å². The molecule has 0 fully saturated rings. The van der Waals surface area contributed by atoms with Crippen LogP contribution in [0.15, 0.2) is 35.1 Å². The highest BCUT2D eigenvalue weighted by molar-refractivity contribution is 5.40. The molecule has 19 heavy (non-hydrogen) atoms. The van der Waals surface area contributed by atoms with Crippen LogP contribution in [0, 0.1) is 0 Å². The molecule has 7 nitrogen and oxygen atoms in total. The van der Waals surface area contributed by atoms with Crippen molar-refractivity contribution in [3.05, 3.63) is 47.6 Å². The number of hydrogen-bond donors (Lipinski definition) is 2. The van der Waals surface area contributed by atoms with Gasteiger partial charge in [0, 0.05) is 6.54 Å². The minimum absolute atomic E-state index is 0.401. The molecule has 2 heterocycles. The molecule has 3 rings (SSSR count). The molecule has 0 amide bonds. The zero-order valence-corrected chi connectivity index (χ0v) is 10.1. The molecule has 0 spiro atoms. The van der Waals surface area contributed by atoms with Crippen molar-refractivity contribution < 1.29 is 4.52 Å². The quantitative estimate of drug-likeness (QED) is 0.718. The van der Waals surface area contributed by atoms with Crippen LogP contribution >= 0.6 is 0 Å². The van der Waals surface area contributed by atoms with Crippen LogP contribution in [-0.4, -0.2) is 25.3 Å². The van der Waals surface area contributed by atoms with E-state index in [1.54, 1.807) is 0 Å². The minimum Gasteiger partial charge on any atom is -0.339 e. The first-order valence-electron chi connectivity index (χ1n) is 5.82. The third kappa shape index (κ3) is 2.36. The number of nitrogens with one attached hydrogen (secondary N) is 1. The molecule has 2 aromatic heterocycles. The van der Waals surface area contributed by atoms with Crippen LogP contribution in [0.1, 0.15) is 17.0 Å². The van der Waals surface area contributed by atoms with Crippen molar-refractivity contribution in [3.63, 3.8) is 0 Å². The predicted molar refractivity (Wildman–Crippen MR) is 66.8 cm³/mol. The lowest BCUT2D eigenvalue weighted by molar-refractivity contribution is 0.385. The van der Waals surface area contributed by atoms with Crippen LogP contribution in [0.4, 0.5) is 0 Å². The first-order chi connectivity index (χ1) is 9.36. The maximum atomic E-state index is 5.70. The summed E-state index contributed by atoms with van der Waals surface area (Å²) in [6.07, 6.45) is 1.95. The largest absolute Gasteiger partial charge is 0.339 e. The molecule has 3 aromatic rings. The Bertz CT molecular complexity index is 660. The second kappa shape index (κ2) is 4.99. The lowest BCUT2D eigenvalue weighted by Gasteiger charge is -2.03. The minimum atomic E-state index is 0.401. The molecule has 0 saturated heterocycles. The Morgan fingerprint density at radius 1 is 1.21 bits per heavy atom. The van der Waals surface area contributed by atoms with E-state index in [2.05, 4.69) is 25.3 Å². The fourth-order valence-electron chi connectivity index (χ4n) is 1.83. The summed E-state index contributed by atoms with van der Waals surface area (Å²) < 4.78 is 5.20. The Labute approximate surface area is 108 Å². The molecule has 0 bridgehead atoms. The molecule has 96 valence electrons. The summed E-state index contributed by atoms with van der Waals surface area (Å²) in [5, 5.41) is 10.3. The van der Waals surface area contributed by atoms with Crippen molar-refractivity contribution in [3.8, 4) is 11.6 Å². The number of rotatable bonds is 4. The molecule has 3 N–H and O–H groups in total. The lowest BCUT2D eigenvalue weighted by atomic mass is 10.0. The van der Waals surface area contributed by atoms with Crippen LogP contribution < -0.4 is 5.73 Å². The standard InChI is InChI=1S/C12H12N6O/c13-6-9-4-2-1-3-8(9)5-10-16-12(18-19-10)11-14-7-15-17-11/h1-4,7H,5-6,13H2,(H,14,15,17). The van der Waals surface area contributed by atoms with Gasteiger partial charge in [-0.3, -0.25) is 5.10 Å². The van der Waals surface area contributed by atoms with Crippen LogP contribution in [0.2, 0.25) is 0 Å². The Morgan fingerprint density at radius 2 is 2.05 bits per heavy atom. The van der Waals surface area contributed by atoms with Gasteiger partial charge in [0.15, 0.2) is 5.82 Å². The number of H-pyrrole nitrogens is 1. The van der Waals surface area contributed by atoms with E-state index in [1.165, 1.54) is 6.33 Å². The number of hydrogen-bond acceptors (Lipinski definition) is 6. The third-order valence-corrected chi connectivity index (χ3v) is 2.77. The van der Waals surface area contributed by atoms with Crippen LogP contribution in [0.5, 0.6) is 0 Å². The summed E-state index contributed by atoms with van der Waals surface area (Å²) in [5.74, 6) is 1.41. The number of aromatic nitrogens is 5. The van der Waals surface area contributed by atoms with E-state index in [0.717, 1.165) is 11.1 Å². The fraction of sp³-hybridized carbons (Fsp3) is 0.167. The second-order valence-corrected chi connectivity index (χ2v) is 4.00. The van der Waals surface area contributed by atoms with Gasteiger partial charge in [0.1, 0.15) is 6.33 Å². The molecule has 0 aliphatic heterocycles. The fourth-order valence-corrected chi connectivity index (χ4v) is 1.83. The smallest absolute Gasteiger partial charge is 0.239 e. The first-order valence-corrected chi connectivity index (χ1v) is 5.82. The van der Waals surface area contributed by atoms with Gasteiger partial charge in [0.2, 0.25) is 11.7 Å². The topological polar surface area (TPSA) is 107 Å². The van der Waals surface area contributed by atoms with Crippen LogP contribution in [0.3, 0.4) is 0 Å². The van der Waals surface area contributed by atoms with E-state index >= 15 is 0 Å². The van der Waals surface area contributed by atoms with E-state index in [-0.39, 0.29) is 0 Å². The molecule has 1 aromatic carbocycles. The Kier molecular flexibility index (Phi) is 3.03. The molecule has 7 heteroatoms. The first kappa shape index (κ1) is 11.5. The van der Waals surface area contributed by atoms with Crippen molar-refractivity contribution in [2.45, 2.75) is 13.0 Å². The summed E-state index contributed by atoms with van der Waals surface area (Å²) >= 11 is 0. The van der Waals surface area contributed by atoms with Crippen LogP contribution in [-0.2, 0) is 13.0 Å². The molecular weight excluding hydrogens is 244 g/mol. The highest BCUT2D eigenvalue weighted by Gasteiger charge is 2.12. The molecule has 0 atom stereocenters. The number of benzene rings is 1. The summed E-state index contributed by atoms with van der Waals surface area (Å²) in [4.78, 5) is 8.24. The number of nitrogens with zero attached hydrogens (tertiary/aromatic N) is 4. The number of aromatic amines is 1. The average Bonchev–Trinajstić information content (AvgIpc) is 3.09. The van der Waals surface area contributed by atoms with Gasteiger partial charge in [-0.05, 0) is 11.1 Å². The van der Waals surface area contributed by atoms with Crippen molar-refractivity contribution in [2.24, 2.45) is 5.73 Å². The van der Waals surface area contributed by atoms with Gasteiger partial charge in [-0.25, -0.2) is 4.98 Å². The van der Waals surface area contributed by atoms with Crippen molar-refractivity contribution in [2.75, 3.05) is 0 Å². The molecule has 0 aliphatic rings. The van der Waals surface area contributed by atoms with Gasteiger partial charge in [-0.2, -0.15) is 10.1 Å². The number of nitrogens with two attached hydrogens (primary N) is 1. The van der Waals surface area contributed by atoms with Crippen LogP contribution in [0.25, 0.3) is 11.6 Å². The van der Waals surface area contributed by atoms with Crippen molar-refractivity contribution >= 4 is 0 Å². The summed E-state index contributed by atoms with van der Waals surface area (Å²) in [7, 11) is 0. The zero-order chi connectivity index (χ0) is 13.1. The lowest BCUT2D eigenvalue weighted by Crippen LogP contribution is -2.02. The summed E-state index contributed by atoms with van der Waals surface area (Å²) in [6, 6.07) is 7.91. The Hall–Kier alpha value is -2.54. The van der Waals surface area contributed by atoms with Gasteiger partial charge in [-0.1, -0.05) is 29.4 Å². The maximum Gasteiger partial charge on any atom is 0.239 e. The predicted octanol–water partition coefficient (Wildman–Crippen LogP) is 0.904. The second-order valence-electron chi connectivity index (χ2n) is 4.00. The maximum absolute atomic E-state index is 5.70. The normalized spacial score (nSPS) is 10.8. The van der Waals surface area contributed by atoms with E-state index < -0.39 is 0 Å². The highest BCUT2D eigenvalue weighted by atomic mass is 16.5. The van der Waals surface area contributed by atoms with E-state index in [9.17, 15) is 0 Å². The van der Waals surface area contributed by atoms with E-state index in [0.29, 0.717) is 30.5 Å². The molecule has 0 radical (unpaired) electrons. The summed E-state index contributed by atoms with van der Waals surface area (Å²) in [5.41, 5.74) is 7.85. The van der Waals surface area contributed by atoms with E-state index in [4.69, 9.17) is 10.3 Å². The van der Waals surface area contributed by atoms with Gasteiger partial charge >= 0.3 is 0 Å². The monoisotopic (exact) mass is 256 g/mol. The molecule has 0 aliphatic carbocycles. The Morgan fingerprint density at radius 3 is 2.79 bits per heavy atom. The SMILES string of the molecule is NCc1ccccc1Cc1nc(-c2ncn[nH]2)no1. The van der Waals surface area contributed by atoms with E-state index in [1.807, 2.05) is 24.3 Å². The Balaban J connectivity index is 1.84. The highest BCUT2D eigenvalue weighted by Crippen LogP contribution is 2.15. The van der Waals surface area contributed by atoms with Gasteiger partial charge < -0.3 is 10.3 Å². The summed E-state index contributed by atoms with van der Waals surface area (Å²) in [6.45, 7) is 0.485. The van der Waals surface area contributed by atoms with Gasteiger partial charge in [0.05, 0.1) is 6.42 Å².